The molecule has 1 atom stereocenters. The second-order valence-electron chi connectivity index (χ2n) is 4.45. The lowest BCUT2D eigenvalue weighted by Gasteiger charge is -2.32. The Hall–Kier alpha value is -1.27. The van der Waals surface area contributed by atoms with Crippen LogP contribution in [0.5, 0.6) is 0 Å². The molecule has 1 aliphatic rings. The van der Waals surface area contributed by atoms with E-state index in [4.69, 9.17) is 11.6 Å². The fourth-order valence-corrected chi connectivity index (χ4v) is 3.34. The number of carboxylic acid groups (broad SMARTS) is 1. The second kappa shape index (κ2) is 6.45. The summed E-state index contributed by atoms with van der Waals surface area (Å²) in [4.78, 5) is 29.3. The van der Waals surface area contributed by atoms with Crippen LogP contribution < -0.4 is 0 Å². The van der Waals surface area contributed by atoms with E-state index in [0.29, 0.717) is 24.3 Å². The Labute approximate surface area is 126 Å². The standard InChI is InChI=1S/C13H15ClN2O3S/c1-2-9-5-8(6-11(14)15-9)12(17)16-3-4-20-7-10(16)13(18)19/h5-6,10H,2-4,7H2,1H3,(H,18,19). The Morgan fingerprint density at radius 1 is 1.55 bits per heavy atom. The van der Waals surface area contributed by atoms with Gasteiger partial charge in [-0.2, -0.15) is 11.8 Å². The van der Waals surface area contributed by atoms with Gasteiger partial charge >= 0.3 is 5.97 Å². The Bertz CT molecular complexity index is 538. The highest BCUT2D eigenvalue weighted by molar-refractivity contribution is 7.99. The fraction of sp³-hybridized carbons (Fsp3) is 0.462. The molecule has 0 aromatic carbocycles. The molecule has 2 heterocycles. The van der Waals surface area contributed by atoms with Gasteiger partial charge in [-0.25, -0.2) is 9.78 Å². The summed E-state index contributed by atoms with van der Waals surface area (Å²) in [6.07, 6.45) is 0.666. The predicted octanol–water partition coefficient (Wildman–Crippen LogP) is 1.94. The van der Waals surface area contributed by atoms with E-state index in [-0.39, 0.29) is 11.1 Å². The van der Waals surface area contributed by atoms with Gasteiger partial charge in [0.2, 0.25) is 0 Å². The van der Waals surface area contributed by atoms with E-state index in [2.05, 4.69) is 4.98 Å². The maximum atomic E-state index is 12.5. The lowest BCUT2D eigenvalue weighted by atomic mass is 10.1. The molecule has 5 nitrogen and oxygen atoms in total. The molecule has 1 aliphatic heterocycles. The van der Waals surface area contributed by atoms with E-state index in [1.165, 1.54) is 11.0 Å². The summed E-state index contributed by atoms with van der Waals surface area (Å²) in [7, 11) is 0. The lowest BCUT2D eigenvalue weighted by molar-refractivity contribution is -0.141. The van der Waals surface area contributed by atoms with E-state index in [9.17, 15) is 14.7 Å². The number of nitrogens with zero attached hydrogens (tertiary/aromatic N) is 2. The Morgan fingerprint density at radius 2 is 2.30 bits per heavy atom. The molecule has 0 radical (unpaired) electrons. The molecule has 1 aromatic rings. The van der Waals surface area contributed by atoms with E-state index >= 15 is 0 Å². The molecule has 7 heteroatoms. The number of aromatic nitrogens is 1. The largest absolute Gasteiger partial charge is 0.480 e. The van der Waals surface area contributed by atoms with E-state index in [0.717, 1.165) is 11.4 Å². The number of amides is 1. The van der Waals surface area contributed by atoms with Gasteiger partial charge in [-0.1, -0.05) is 18.5 Å². The van der Waals surface area contributed by atoms with Crippen molar-refractivity contribution in [3.05, 3.63) is 28.5 Å². The van der Waals surface area contributed by atoms with Gasteiger partial charge < -0.3 is 10.0 Å². The van der Waals surface area contributed by atoms with Crippen LogP contribution in [-0.2, 0) is 11.2 Å². The van der Waals surface area contributed by atoms with E-state index < -0.39 is 12.0 Å². The predicted molar refractivity (Wildman–Crippen MR) is 78.4 cm³/mol. The topological polar surface area (TPSA) is 70.5 Å². The van der Waals surface area contributed by atoms with Crippen LogP contribution in [0.15, 0.2) is 12.1 Å². The van der Waals surface area contributed by atoms with Crippen LogP contribution in [0, 0.1) is 0 Å². The summed E-state index contributed by atoms with van der Waals surface area (Å²) in [6.45, 7) is 2.35. The van der Waals surface area contributed by atoms with Gasteiger partial charge in [0, 0.05) is 29.3 Å². The summed E-state index contributed by atoms with van der Waals surface area (Å²) in [5.74, 6) is -0.103. The maximum absolute atomic E-state index is 12.5. The van der Waals surface area contributed by atoms with Gasteiger partial charge in [0.15, 0.2) is 0 Å². The number of aliphatic carboxylic acids is 1. The van der Waals surface area contributed by atoms with Crippen LogP contribution in [0.1, 0.15) is 23.0 Å². The van der Waals surface area contributed by atoms with Crippen LogP contribution >= 0.6 is 23.4 Å². The van der Waals surface area contributed by atoms with Crippen molar-refractivity contribution in [3.8, 4) is 0 Å². The quantitative estimate of drug-likeness (QED) is 0.863. The first-order valence-corrected chi connectivity index (χ1v) is 7.84. The zero-order valence-electron chi connectivity index (χ0n) is 11.0. The maximum Gasteiger partial charge on any atom is 0.327 e. The molecule has 2 rings (SSSR count). The zero-order chi connectivity index (χ0) is 14.7. The van der Waals surface area contributed by atoms with Crippen molar-refractivity contribution in [2.75, 3.05) is 18.1 Å². The van der Waals surface area contributed by atoms with Gasteiger partial charge in [-0.05, 0) is 18.6 Å². The zero-order valence-corrected chi connectivity index (χ0v) is 12.6. The Balaban J connectivity index is 2.29. The number of carbonyl (C=O) groups excluding carboxylic acids is 1. The Kier molecular flexibility index (Phi) is 4.88. The summed E-state index contributed by atoms with van der Waals surface area (Å²) in [5.41, 5.74) is 1.12. The number of rotatable bonds is 3. The van der Waals surface area contributed by atoms with Gasteiger partial charge in [-0.3, -0.25) is 4.79 Å². The first-order chi connectivity index (χ1) is 9.52. The van der Waals surface area contributed by atoms with Crippen molar-refractivity contribution >= 4 is 35.2 Å². The van der Waals surface area contributed by atoms with Crippen molar-refractivity contribution in [1.29, 1.82) is 0 Å². The summed E-state index contributed by atoms with van der Waals surface area (Å²) >= 11 is 7.45. The number of thioether (sulfide) groups is 1. The number of halogens is 1. The van der Waals surface area contributed by atoms with Gasteiger partial charge in [0.1, 0.15) is 11.2 Å². The smallest absolute Gasteiger partial charge is 0.327 e. The monoisotopic (exact) mass is 314 g/mol. The molecule has 1 amide bonds. The van der Waals surface area contributed by atoms with Crippen LogP contribution in [0.3, 0.4) is 0 Å². The van der Waals surface area contributed by atoms with E-state index in [1.807, 2.05) is 6.92 Å². The minimum Gasteiger partial charge on any atom is -0.480 e. The lowest BCUT2D eigenvalue weighted by Crippen LogP contribution is -2.50. The number of carboxylic acids is 1. The molecule has 1 aromatic heterocycles. The number of aryl methyl sites for hydroxylation is 1. The van der Waals surface area contributed by atoms with Crippen molar-refractivity contribution in [2.45, 2.75) is 19.4 Å². The highest BCUT2D eigenvalue weighted by atomic mass is 35.5. The van der Waals surface area contributed by atoms with E-state index in [1.54, 1.807) is 17.8 Å². The Morgan fingerprint density at radius 3 is 2.95 bits per heavy atom. The minimum absolute atomic E-state index is 0.256. The van der Waals surface area contributed by atoms with Crippen molar-refractivity contribution in [2.24, 2.45) is 0 Å². The fourth-order valence-electron chi connectivity index (χ4n) is 2.07. The van der Waals surface area contributed by atoms with Crippen molar-refractivity contribution in [1.82, 2.24) is 9.88 Å². The third-order valence-electron chi connectivity index (χ3n) is 3.13. The molecule has 108 valence electrons. The molecule has 0 saturated carbocycles. The normalized spacial score (nSPS) is 18.9. The molecule has 1 saturated heterocycles. The third kappa shape index (κ3) is 3.24. The average Bonchev–Trinajstić information content (AvgIpc) is 2.45. The third-order valence-corrected chi connectivity index (χ3v) is 4.35. The molecule has 1 N–H and O–H groups in total. The number of hydrogen-bond acceptors (Lipinski definition) is 4. The summed E-state index contributed by atoms with van der Waals surface area (Å²) in [5, 5.41) is 9.47. The molecular formula is C13H15ClN2O3S. The minimum atomic E-state index is -0.971. The van der Waals surface area contributed by atoms with Gasteiger partial charge in [0.05, 0.1) is 0 Å². The number of carbonyl (C=O) groups is 2. The van der Waals surface area contributed by atoms with Crippen LogP contribution in [0.2, 0.25) is 5.15 Å². The first-order valence-electron chi connectivity index (χ1n) is 6.31. The first kappa shape index (κ1) is 15.1. The van der Waals surface area contributed by atoms with Crippen LogP contribution in [-0.4, -0.2) is 51.0 Å². The van der Waals surface area contributed by atoms with Crippen LogP contribution in [0.4, 0.5) is 0 Å². The highest BCUT2D eigenvalue weighted by Gasteiger charge is 2.33. The SMILES string of the molecule is CCc1cc(C(=O)N2CCSCC2C(=O)O)cc(Cl)n1. The summed E-state index contributed by atoms with van der Waals surface area (Å²) in [6, 6.07) is 2.39. The molecule has 20 heavy (non-hydrogen) atoms. The molecule has 0 aliphatic carbocycles. The molecular weight excluding hydrogens is 300 g/mol. The number of hydrogen-bond donors (Lipinski definition) is 1. The summed E-state index contributed by atoms with van der Waals surface area (Å²) < 4.78 is 0. The molecule has 1 fully saturated rings. The number of pyridine rings is 1. The second-order valence-corrected chi connectivity index (χ2v) is 5.99. The van der Waals surface area contributed by atoms with Crippen LogP contribution in [0.25, 0.3) is 0 Å². The molecule has 0 bridgehead atoms. The molecule has 1 unspecified atom stereocenters. The molecule has 0 spiro atoms. The highest BCUT2D eigenvalue weighted by Crippen LogP contribution is 2.21. The average molecular weight is 315 g/mol. The van der Waals surface area contributed by atoms with Gasteiger partial charge in [-0.15, -0.1) is 0 Å². The van der Waals surface area contributed by atoms with Gasteiger partial charge in [0.25, 0.3) is 5.91 Å². The van der Waals surface area contributed by atoms with Crippen molar-refractivity contribution < 1.29 is 14.7 Å². The van der Waals surface area contributed by atoms with Crippen molar-refractivity contribution in [3.63, 3.8) is 0 Å².